The topological polar surface area (TPSA) is 113 Å². The summed E-state index contributed by atoms with van der Waals surface area (Å²) in [5.41, 5.74) is 7.47. The number of aromatic nitrogens is 3. The second-order valence-electron chi connectivity index (χ2n) is 7.69. The van der Waals surface area contributed by atoms with Gasteiger partial charge in [-0.1, -0.05) is 19.3 Å². The van der Waals surface area contributed by atoms with Gasteiger partial charge in [0.1, 0.15) is 18.2 Å². The molecule has 1 fully saturated rings. The molecule has 0 radical (unpaired) electrons. The summed E-state index contributed by atoms with van der Waals surface area (Å²) in [7, 11) is 0. The van der Waals surface area contributed by atoms with Gasteiger partial charge in [-0.25, -0.2) is 0 Å². The lowest BCUT2D eigenvalue weighted by atomic mass is 10.1. The first-order valence-electron chi connectivity index (χ1n) is 10.9. The first kappa shape index (κ1) is 22.0. The van der Waals surface area contributed by atoms with Crippen molar-refractivity contribution in [1.29, 1.82) is 5.41 Å². The zero-order chi connectivity index (χ0) is 21.0. The number of hydrogen-bond acceptors (Lipinski definition) is 8. The minimum Gasteiger partial charge on any atom is -0.458 e. The highest BCUT2D eigenvalue weighted by Gasteiger charge is 2.12. The van der Waals surface area contributed by atoms with Gasteiger partial charge >= 0.3 is 6.01 Å². The van der Waals surface area contributed by atoms with Crippen LogP contribution in [0.2, 0.25) is 0 Å². The molecule has 0 atom stereocenters. The van der Waals surface area contributed by atoms with Gasteiger partial charge in [0.05, 0.1) is 5.56 Å². The molecule has 0 saturated carbocycles. The molecule has 1 saturated heterocycles. The summed E-state index contributed by atoms with van der Waals surface area (Å²) >= 11 is 0. The molecule has 1 aliphatic heterocycles. The van der Waals surface area contributed by atoms with E-state index in [-0.39, 0.29) is 11.8 Å². The fourth-order valence-electron chi connectivity index (χ4n) is 3.64. The molecule has 3 rings (SSSR count). The number of nitrogen functional groups attached to an aromatic ring is 1. The molecule has 2 aromatic heterocycles. The number of hydrogen-bond donors (Lipinski definition) is 3. The van der Waals surface area contributed by atoms with Crippen molar-refractivity contribution in [3.8, 4) is 6.01 Å². The smallest absolute Gasteiger partial charge is 0.320 e. The average Bonchev–Trinajstić information content (AvgIpc) is 3.28. The minimum atomic E-state index is 0.208. The van der Waals surface area contributed by atoms with Crippen molar-refractivity contribution in [1.82, 2.24) is 19.9 Å². The van der Waals surface area contributed by atoms with Gasteiger partial charge in [-0.05, 0) is 63.0 Å². The molecule has 4 N–H and O–H groups in total. The molecule has 8 heteroatoms. The first-order valence-corrected chi connectivity index (χ1v) is 10.9. The molecule has 8 nitrogen and oxygen atoms in total. The van der Waals surface area contributed by atoms with Crippen LogP contribution < -0.4 is 15.8 Å². The molecule has 0 aliphatic carbocycles. The molecule has 0 amide bonds. The molecule has 0 bridgehead atoms. The Morgan fingerprint density at radius 2 is 1.80 bits per heavy atom. The molecule has 2 aromatic rings. The number of nitrogens with one attached hydrogen (secondary N) is 2. The maximum atomic E-state index is 7.62. The SMILES string of the molecule is N=Cc1c(N)nc(OCc2ccncc2)nc1NCCCCCCCN1CCCC1. The number of ether oxygens (including phenoxy) is 1. The number of nitrogens with zero attached hydrogens (tertiary/aromatic N) is 4. The Bertz CT molecular complexity index is 779. The zero-order valence-electron chi connectivity index (χ0n) is 17.6. The van der Waals surface area contributed by atoms with E-state index < -0.39 is 0 Å². The summed E-state index contributed by atoms with van der Waals surface area (Å²) < 4.78 is 5.68. The Labute approximate surface area is 178 Å². The Morgan fingerprint density at radius 3 is 2.57 bits per heavy atom. The Kier molecular flexibility index (Phi) is 8.83. The van der Waals surface area contributed by atoms with Gasteiger partial charge in [0.15, 0.2) is 0 Å². The van der Waals surface area contributed by atoms with Gasteiger partial charge < -0.3 is 26.1 Å². The van der Waals surface area contributed by atoms with Crippen LogP contribution in [0.5, 0.6) is 6.01 Å². The highest BCUT2D eigenvalue weighted by atomic mass is 16.5. The van der Waals surface area contributed by atoms with E-state index in [9.17, 15) is 0 Å². The number of anilines is 2. The van der Waals surface area contributed by atoms with E-state index in [0.717, 1.165) is 18.5 Å². The summed E-state index contributed by atoms with van der Waals surface area (Å²) in [4.78, 5) is 15.1. The van der Waals surface area contributed by atoms with Crippen molar-refractivity contribution < 1.29 is 4.74 Å². The largest absolute Gasteiger partial charge is 0.458 e. The third kappa shape index (κ3) is 6.95. The van der Waals surface area contributed by atoms with E-state index in [4.69, 9.17) is 15.9 Å². The summed E-state index contributed by atoms with van der Waals surface area (Å²) in [5.74, 6) is 0.797. The second-order valence-corrected chi connectivity index (χ2v) is 7.69. The molecule has 0 aromatic carbocycles. The molecule has 162 valence electrons. The summed E-state index contributed by atoms with van der Waals surface area (Å²) in [6.45, 7) is 4.95. The monoisotopic (exact) mass is 411 g/mol. The van der Waals surface area contributed by atoms with Crippen LogP contribution in [0.25, 0.3) is 0 Å². The summed E-state index contributed by atoms with van der Waals surface area (Å²) in [6.07, 6.45) is 13.4. The zero-order valence-corrected chi connectivity index (χ0v) is 17.6. The van der Waals surface area contributed by atoms with E-state index in [2.05, 4.69) is 25.2 Å². The van der Waals surface area contributed by atoms with Crippen LogP contribution >= 0.6 is 0 Å². The van der Waals surface area contributed by atoms with E-state index in [1.165, 1.54) is 64.4 Å². The van der Waals surface area contributed by atoms with Crippen LogP contribution in [0.15, 0.2) is 24.5 Å². The molecular formula is C22H33N7O. The Balaban J connectivity index is 1.40. The van der Waals surface area contributed by atoms with Crippen molar-refractivity contribution in [2.75, 3.05) is 37.2 Å². The van der Waals surface area contributed by atoms with Crippen LogP contribution in [0.1, 0.15) is 56.1 Å². The highest BCUT2D eigenvalue weighted by molar-refractivity contribution is 5.90. The van der Waals surface area contributed by atoms with Gasteiger partial charge in [-0.3, -0.25) is 4.98 Å². The molecule has 0 unspecified atom stereocenters. The van der Waals surface area contributed by atoms with Crippen molar-refractivity contribution in [2.45, 2.75) is 51.6 Å². The quantitative estimate of drug-likeness (QED) is 0.341. The van der Waals surface area contributed by atoms with E-state index in [1.807, 2.05) is 12.1 Å². The van der Waals surface area contributed by atoms with Gasteiger partial charge in [0.25, 0.3) is 0 Å². The Hall–Kier alpha value is -2.74. The van der Waals surface area contributed by atoms with Crippen LogP contribution in [-0.4, -0.2) is 52.2 Å². The van der Waals surface area contributed by atoms with Crippen LogP contribution in [0.4, 0.5) is 11.6 Å². The number of pyridine rings is 1. The number of unbranched alkanes of at least 4 members (excludes halogenated alkanes) is 4. The molecule has 3 heterocycles. The molecular weight excluding hydrogens is 378 g/mol. The van der Waals surface area contributed by atoms with Gasteiger partial charge in [0, 0.05) is 25.2 Å². The third-order valence-corrected chi connectivity index (χ3v) is 5.36. The van der Waals surface area contributed by atoms with E-state index in [1.54, 1.807) is 12.4 Å². The maximum absolute atomic E-state index is 7.62. The second kappa shape index (κ2) is 12.1. The predicted molar refractivity (Wildman–Crippen MR) is 120 cm³/mol. The fourth-order valence-corrected chi connectivity index (χ4v) is 3.64. The fraction of sp³-hybridized carbons (Fsp3) is 0.545. The molecule has 1 aliphatic rings. The lowest BCUT2D eigenvalue weighted by molar-refractivity contribution is 0.281. The Morgan fingerprint density at radius 1 is 1.07 bits per heavy atom. The van der Waals surface area contributed by atoms with Crippen LogP contribution in [-0.2, 0) is 6.61 Å². The van der Waals surface area contributed by atoms with E-state index in [0.29, 0.717) is 18.0 Å². The minimum absolute atomic E-state index is 0.208. The standard InChI is InChI=1S/C22H33N7O/c23-16-19-20(24)27-22(30-17-18-8-11-25-12-9-18)28-21(19)26-10-4-2-1-3-5-13-29-14-6-7-15-29/h8-9,11-12,16,23H,1-7,10,13-15,17H2,(H3,24,26,27,28). The lowest BCUT2D eigenvalue weighted by Crippen LogP contribution is -2.20. The first-order chi connectivity index (χ1) is 14.8. The lowest BCUT2D eigenvalue weighted by Gasteiger charge is -2.14. The normalized spacial score (nSPS) is 14.0. The molecule has 0 spiro atoms. The van der Waals surface area contributed by atoms with Gasteiger partial charge in [0.2, 0.25) is 0 Å². The average molecular weight is 412 g/mol. The maximum Gasteiger partial charge on any atom is 0.320 e. The van der Waals surface area contributed by atoms with Crippen LogP contribution in [0.3, 0.4) is 0 Å². The number of nitrogens with two attached hydrogens (primary N) is 1. The number of rotatable bonds is 13. The van der Waals surface area contributed by atoms with Crippen molar-refractivity contribution >= 4 is 17.9 Å². The molecule has 30 heavy (non-hydrogen) atoms. The van der Waals surface area contributed by atoms with Crippen molar-refractivity contribution in [2.24, 2.45) is 0 Å². The van der Waals surface area contributed by atoms with E-state index >= 15 is 0 Å². The number of likely N-dealkylation sites (tertiary alicyclic amines) is 1. The highest BCUT2D eigenvalue weighted by Crippen LogP contribution is 2.21. The summed E-state index contributed by atoms with van der Waals surface area (Å²) in [5, 5.41) is 10.9. The van der Waals surface area contributed by atoms with Gasteiger partial charge in [-0.15, -0.1) is 0 Å². The van der Waals surface area contributed by atoms with Crippen LogP contribution in [0, 0.1) is 5.41 Å². The van der Waals surface area contributed by atoms with Crippen molar-refractivity contribution in [3.63, 3.8) is 0 Å². The van der Waals surface area contributed by atoms with Gasteiger partial charge in [-0.2, -0.15) is 9.97 Å². The predicted octanol–water partition coefficient (Wildman–Crippen LogP) is 3.49. The summed E-state index contributed by atoms with van der Waals surface area (Å²) in [6, 6.07) is 3.96. The third-order valence-electron chi connectivity index (χ3n) is 5.36. The van der Waals surface area contributed by atoms with Crippen molar-refractivity contribution in [3.05, 3.63) is 35.7 Å².